The fourth-order valence-corrected chi connectivity index (χ4v) is 1.38. The molecule has 0 heterocycles. The number of carboxylic acid groups (broad SMARTS) is 1. The van der Waals surface area contributed by atoms with E-state index in [2.05, 4.69) is 21.1 Å². The maximum atomic E-state index is 10.4. The molecule has 1 N–H and O–H groups in total. The molecule has 4 heteroatoms. The van der Waals surface area contributed by atoms with E-state index < -0.39 is 5.97 Å². The first-order valence-corrected chi connectivity index (χ1v) is 6.40. The number of hydrogen-bond acceptors (Lipinski definition) is 3. The number of rotatable bonds is 7. The number of carboxylic acids is 1. The van der Waals surface area contributed by atoms with Crippen molar-refractivity contribution in [3.63, 3.8) is 0 Å². The van der Waals surface area contributed by atoms with Gasteiger partial charge in [0.25, 0.3) is 0 Å². The average molecular weight is 247 g/mol. The molecule has 0 saturated heterocycles. The van der Waals surface area contributed by atoms with Gasteiger partial charge >= 0.3 is 0 Å². The van der Waals surface area contributed by atoms with Crippen LogP contribution in [0.4, 0.5) is 0 Å². The molecule has 4 nitrogen and oxygen atoms in total. The normalized spacial score (nSPS) is 11.0. The summed E-state index contributed by atoms with van der Waals surface area (Å²) >= 11 is 0. The highest BCUT2D eigenvalue weighted by Gasteiger charge is 2.05. The van der Waals surface area contributed by atoms with Crippen LogP contribution < -0.4 is 5.11 Å². The first-order valence-electron chi connectivity index (χ1n) is 6.40. The zero-order valence-corrected chi connectivity index (χ0v) is 12.0. The largest absolute Gasteiger partial charge is 0.550 e. The lowest BCUT2D eigenvalue weighted by Crippen LogP contribution is -2.36. The van der Waals surface area contributed by atoms with Gasteiger partial charge in [0.2, 0.25) is 0 Å². The smallest absolute Gasteiger partial charge is 0.101 e. The Labute approximate surface area is 106 Å². The van der Waals surface area contributed by atoms with E-state index in [4.69, 9.17) is 5.11 Å². The van der Waals surface area contributed by atoms with Crippen molar-refractivity contribution >= 4 is 5.97 Å². The van der Waals surface area contributed by atoms with Crippen LogP contribution in [0.2, 0.25) is 0 Å². The van der Waals surface area contributed by atoms with E-state index in [1.165, 1.54) is 0 Å². The van der Waals surface area contributed by atoms with Gasteiger partial charge in [-0.3, -0.25) is 0 Å². The second-order valence-corrected chi connectivity index (χ2v) is 5.33. The molecule has 17 heavy (non-hydrogen) atoms. The van der Waals surface area contributed by atoms with Crippen LogP contribution in [0.25, 0.3) is 0 Å². The summed E-state index contributed by atoms with van der Waals surface area (Å²) in [5.41, 5.74) is 0. The molecule has 0 aliphatic carbocycles. The highest BCUT2D eigenvalue weighted by molar-refractivity contribution is 5.67. The van der Waals surface area contributed by atoms with E-state index in [9.17, 15) is 9.90 Å². The van der Waals surface area contributed by atoms with Crippen LogP contribution in [0, 0.1) is 5.92 Å². The molecular weight excluding hydrogens is 218 g/mol. The Morgan fingerprint density at radius 2 is 1.59 bits per heavy atom. The molecule has 0 unspecified atom stereocenters. The molecule has 0 radical (unpaired) electrons. The molecule has 0 spiro atoms. The number of aliphatic carboxylic acids is 1. The van der Waals surface area contributed by atoms with Crippen LogP contribution in [-0.2, 0) is 4.79 Å². The number of aliphatic hydroxyl groups is 1. The van der Waals surface area contributed by atoms with Gasteiger partial charge < -0.3 is 19.5 Å². The standard InChI is InChI=1S/C8H16O2.C5H14NO/c1-3-5-7(6-4-2)8(9)10;1-6(2,3)4-5-7/h7H,3-6H2,1-2H3,(H,9,10);7H,4-5H2,1-3H3/q;+1/p-1. The van der Waals surface area contributed by atoms with E-state index in [1.807, 2.05) is 13.8 Å². The summed E-state index contributed by atoms with van der Waals surface area (Å²) < 4.78 is 0.844. The number of carbonyl (C=O) groups excluding carboxylic acids is 1. The van der Waals surface area contributed by atoms with Gasteiger partial charge in [-0.25, -0.2) is 0 Å². The summed E-state index contributed by atoms with van der Waals surface area (Å²) in [6.07, 6.45) is 3.38. The topological polar surface area (TPSA) is 60.4 Å². The molecule has 0 aromatic rings. The number of likely N-dealkylation sites (N-methyl/N-ethyl adjacent to an activating group) is 1. The summed E-state index contributed by atoms with van der Waals surface area (Å²) in [4.78, 5) is 10.4. The lowest BCUT2D eigenvalue weighted by atomic mass is 9.99. The van der Waals surface area contributed by atoms with Gasteiger partial charge in [-0.1, -0.05) is 26.7 Å². The van der Waals surface area contributed by atoms with Crippen molar-refractivity contribution in [2.75, 3.05) is 34.3 Å². The number of nitrogens with zero attached hydrogens (tertiary/aromatic N) is 1. The third kappa shape index (κ3) is 15.4. The van der Waals surface area contributed by atoms with Gasteiger partial charge in [0.15, 0.2) is 0 Å². The molecule has 0 aliphatic heterocycles. The van der Waals surface area contributed by atoms with E-state index >= 15 is 0 Å². The van der Waals surface area contributed by atoms with Crippen molar-refractivity contribution in [1.82, 2.24) is 0 Å². The minimum Gasteiger partial charge on any atom is -0.550 e. The Bertz CT molecular complexity index is 182. The molecule has 0 fully saturated rings. The molecule has 0 aromatic carbocycles. The van der Waals surface area contributed by atoms with Gasteiger partial charge in [0.05, 0.1) is 27.7 Å². The molecule has 0 bridgehead atoms. The maximum Gasteiger partial charge on any atom is 0.101 e. The van der Waals surface area contributed by atoms with Crippen LogP contribution in [0.1, 0.15) is 39.5 Å². The SMILES string of the molecule is CCCC(CCC)C(=O)[O-].C[N+](C)(C)CCO. The number of quaternary nitrogens is 1. The Morgan fingerprint density at radius 3 is 1.71 bits per heavy atom. The van der Waals surface area contributed by atoms with E-state index in [-0.39, 0.29) is 12.5 Å². The van der Waals surface area contributed by atoms with Crippen LogP contribution in [0.3, 0.4) is 0 Å². The lowest BCUT2D eigenvalue weighted by Gasteiger charge is -2.21. The molecule has 0 rings (SSSR count). The first kappa shape index (κ1) is 18.7. The van der Waals surface area contributed by atoms with Crippen LogP contribution in [0.5, 0.6) is 0 Å². The molecular formula is C13H29NO3. The zero-order chi connectivity index (χ0) is 13.9. The van der Waals surface area contributed by atoms with Gasteiger partial charge in [0, 0.05) is 5.97 Å². The summed E-state index contributed by atoms with van der Waals surface area (Å²) in [5, 5.41) is 18.8. The average Bonchev–Trinajstić information content (AvgIpc) is 2.16. The summed E-state index contributed by atoms with van der Waals surface area (Å²) in [6.45, 7) is 5.10. The van der Waals surface area contributed by atoms with Crippen LogP contribution in [0.15, 0.2) is 0 Å². The second-order valence-electron chi connectivity index (χ2n) is 5.33. The summed E-state index contributed by atoms with van der Waals surface area (Å²) in [6, 6.07) is 0. The second kappa shape index (κ2) is 10.5. The Morgan fingerprint density at radius 1 is 1.18 bits per heavy atom. The van der Waals surface area contributed by atoms with Gasteiger partial charge in [-0.05, 0) is 18.8 Å². The minimum absolute atomic E-state index is 0.213. The Kier molecular flexibility index (Phi) is 11.6. The minimum atomic E-state index is -0.885. The van der Waals surface area contributed by atoms with E-state index in [0.717, 1.165) is 36.7 Å². The number of carbonyl (C=O) groups is 1. The third-order valence-electron chi connectivity index (χ3n) is 2.38. The van der Waals surface area contributed by atoms with Crippen LogP contribution in [-0.4, -0.2) is 49.9 Å². The summed E-state index contributed by atoms with van der Waals surface area (Å²) in [7, 11) is 6.16. The summed E-state index contributed by atoms with van der Waals surface area (Å²) in [5.74, 6) is -1.10. The fourth-order valence-electron chi connectivity index (χ4n) is 1.38. The van der Waals surface area contributed by atoms with Crippen LogP contribution >= 0.6 is 0 Å². The van der Waals surface area contributed by atoms with E-state index in [0.29, 0.717) is 0 Å². The number of aliphatic hydroxyl groups excluding tert-OH is 1. The quantitative estimate of drug-likeness (QED) is 0.672. The fraction of sp³-hybridized carbons (Fsp3) is 0.923. The molecule has 0 aliphatic rings. The van der Waals surface area contributed by atoms with Crippen molar-refractivity contribution in [1.29, 1.82) is 0 Å². The van der Waals surface area contributed by atoms with Crippen molar-refractivity contribution in [3.05, 3.63) is 0 Å². The lowest BCUT2D eigenvalue weighted by molar-refractivity contribution is -0.870. The monoisotopic (exact) mass is 247 g/mol. The third-order valence-corrected chi connectivity index (χ3v) is 2.38. The molecule has 0 amide bonds. The molecule has 0 saturated carbocycles. The van der Waals surface area contributed by atoms with Gasteiger partial charge in [-0.2, -0.15) is 0 Å². The maximum absolute atomic E-state index is 10.4. The molecule has 0 atom stereocenters. The van der Waals surface area contributed by atoms with Gasteiger partial charge in [-0.15, -0.1) is 0 Å². The van der Waals surface area contributed by atoms with Crippen molar-refractivity contribution in [3.8, 4) is 0 Å². The predicted molar refractivity (Wildman–Crippen MR) is 68.3 cm³/mol. The highest BCUT2D eigenvalue weighted by Crippen LogP contribution is 2.11. The molecule has 0 aromatic heterocycles. The first-order chi connectivity index (χ1) is 7.78. The van der Waals surface area contributed by atoms with Crippen molar-refractivity contribution < 1.29 is 19.5 Å². The zero-order valence-electron chi connectivity index (χ0n) is 12.0. The highest BCUT2D eigenvalue weighted by atomic mass is 16.4. The van der Waals surface area contributed by atoms with Gasteiger partial charge in [0.1, 0.15) is 6.54 Å². The van der Waals surface area contributed by atoms with Crippen molar-refractivity contribution in [2.24, 2.45) is 5.92 Å². The van der Waals surface area contributed by atoms with Crippen molar-refractivity contribution in [2.45, 2.75) is 39.5 Å². The van der Waals surface area contributed by atoms with E-state index in [1.54, 1.807) is 0 Å². The Hall–Kier alpha value is -0.610. The number of hydrogen-bond donors (Lipinski definition) is 1. The Balaban J connectivity index is 0. The molecule has 104 valence electrons. The predicted octanol–water partition coefficient (Wildman–Crippen LogP) is 0.638.